The van der Waals surface area contributed by atoms with E-state index in [9.17, 15) is 13.2 Å². The summed E-state index contributed by atoms with van der Waals surface area (Å²) in [5.74, 6) is 0.513. The van der Waals surface area contributed by atoms with Crippen LogP contribution in [-0.4, -0.2) is 63.4 Å². The fraction of sp³-hybridized carbons (Fsp3) is 0.476. The van der Waals surface area contributed by atoms with Crippen LogP contribution in [0.4, 0.5) is 24.8 Å². The van der Waals surface area contributed by atoms with Gasteiger partial charge >= 0.3 is 0 Å². The molecular weight excluding hydrogens is 480 g/mol. The monoisotopic (exact) mass is 500 g/mol. The summed E-state index contributed by atoms with van der Waals surface area (Å²) in [5, 5.41) is 7.57. The number of anilines is 2. The summed E-state index contributed by atoms with van der Waals surface area (Å²) in [6, 6.07) is 4.35. The molecule has 4 heterocycles. The molecule has 3 aromatic rings. The molecule has 12 heteroatoms. The third kappa shape index (κ3) is 4.49. The van der Waals surface area contributed by atoms with Gasteiger partial charge in [-0.15, -0.1) is 0 Å². The van der Waals surface area contributed by atoms with E-state index >= 15 is 0 Å². The molecule has 2 aliphatic heterocycles. The van der Waals surface area contributed by atoms with E-state index in [1.165, 1.54) is 0 Å². The van der Waals surface area contributed by atoms with Gasteiger partial charge < -0.3 is 10.1 Å². The Morgan fingerprint density at radius 2 is 1.85 bits per heavy atom. The average molecular weight is 501 g/mol. The highest BCUT2D eigenvalue weighted by atomic mass is 35.5. The van der Waals surface area contributed by atoms with E-state index in [-0.39, 0.29) is 16.8 Å². The molecule has 0 saturated carbocycles. The van der Waals surface area contributed by atoms with Crippen LogP contribution in [0.2, 0.25) is 10.2 Å². The molecule has 1 unspecified atom stereocenters. The number of halogens is 5. The molecule has 2 fully saturated rings. The SMILES string of the molecule is FC(F)C(F)n1ncc(Nc2ncc3cc(Cl)c(C4CCN(C5COC5)CC4)cc3n2)c1Cl. The lowest BCUT2D eigenvalue weighted by molar-refractivity contribution is -0.0712. The number of piperidine rings is 1. The molecule has 0 radical (unpaired) electrons. The Labute approximate surface area is 197 Å². The molecule has 176 valence electrons. The molecule has 0 bridgehead atoms. The normalized spacial score (nSPS) is 19.2. The molecule has 5 rings (SSSR count). The topological polar surface area (TPSA) is 68.1 Å². The number of nitrogens with zero attached hydrogens (tertiary/aromatic N) is 5. The van der Waals surface area contributed by atoms with Crippen molar-refractivity contribution in [2.45, 2.75) is 37.5 Å². The second kappa shape index (κ2) is 9.25. The van der Waals surface area contributed by atoms with Crippen molar-refractivity contribution < 1.29 is 17.9 Å². The van der Waals surface area contributed by atoms with Crippen molar-refractivity contribution >= 4 is 45.7 Å². The fourth-order valence-corrected chi connectivity index (χ4v) is 4.84. The summed E-state index contributed by atoms with van der Waals surface area (Å²) in [7, 11) is 0. The Balaban J connectivity index is 1.35. The summed E-state index contributed by atoms with van der Waals surface area (Å²) >= 11 is 12.6. The summed E-state index contributed by atoms with van der Waals surface area (Å²) < 4.78 is 44.6. The van der Waals surface area contributed by atoms with Crippen LogP contribution in [0.5, 0.6) is 0 Å². The van der Waals surface area contributed by atoms with Crippen LogP contribution in [0.15, 0.2) is 24.5 Å². The van der Waals surface area contributed by atoms with Crippen LogP contribution in [0.25, 0.3) is 10.9 Å². The second-order valence-electron chi connectivity index (χ2n) is 8.25. The van der Waals surface area contributed by atoms with E-state index in [1.54, 1.807) is 6.20 Å². The van der Waals surface area contributed by atoms with Crippen LogP contribution in [0, 0.1) is 0 Å². The molecule has 0 amide bonds. The minimum absolute atomic E-state index is 0.126. The molecular formula is C21H21Cl2F3N6O. The number of likely N-dealkylation sites (tertiary alicyclic amines) is 1. The maximum atomic E-state index is 13.6. The minimum atomic E-state index is -3.25. The van der Waals surface area contributed by atoms with Crippen LogP contribution >= 0.6 is 23.2 Å². The van der Waals surface area contributed by atoms with Gasteiger partial charge in [0.2, 0.25) is 5.95 Å². The van der Waals surface area contributed by atoms with Crippen LogP contribution < -0.4 is 5.32 Å². The molecule has 1 atom stereocenters. The zero-order chi connectivity index (χ0) is 23.1. The van der Waals surface area contributed by atoms with E-state index < -0.39 is 12.7 Å². The second-order valence-corrected chi connectivity index (χ2v) is 9.02. The first kappa shape index (κ1) is 22.6. The number of alkyl halides is 3. The third-order valence-electron chi connectivity index (χ3n) is 6.23. The predicted molar refractivity (Wildman–Crippen MR) is 119 cm³/mol. The van der Waals surface area contributed by atoms with Gasteiger partial charge in [-0.1, -0.05) is 23.2 Å². The lowest BCUT2D eigenvalue weighted by atomic mass is 9.88. The lowest BCUT2D eigenvalue weighted by Gasteiger charge is -2.41. The lowest BCUT2D eigenvalue weighted by Crippen LogP contribution is -2.51. The van der Waals surface area contributed by atoms with Crippen molar-refractivity contribution in [2.24, 2.45) is 0 Å². The molecule has 0 aliphatic carbocycles. The average Bonchev–Trinajstić information content (AvgIpc) is 3.12. The molecule has 0 spiro atoms. The van der Waals surface area contributed by atoms with Gasteiger partial charge in [-0.25, -0.2) is 27.8 Å². The number of rotatable bonds is 6. The Bertz CT molecular complexity index is 1150. The van der Waals surface area contributed by atoms with Crippen LogP contribution in [-0.2, 0) is 4.74 Å². The van der Waals surface area contributed by atoms with Crippen molar-refractivity contribution in [3.63, 3.8) is 0 Å². The third-order valence-corrected chi connectivity index (χ3v) is 6.93. The first-order valence-corrected chi connectivity index (χ1v) is 11.4. The highest BCUT2D eigenvalue weighted by Crippen LogP contribution is 2.36. The van der Waals surface area contributed by atoms with Crippen LogP contribution in [0.1, 0.15) is 30.6 Å². The number of hydrogen-bond donors (Lipinski definition) is 1. The number of benzene rings is 1. The Hall–Kier alpha value is -2.14. The van der Waals surface area contributed by atoms with Gasteiger partial charge in [0.05, 0.1) is 36.7 Å². The van der Waals surface area contributed by atoms with E-state index in [0.717, 1.165) is 56.3 Å². The van der Waals surface area contributed by atoms with Crippen molar-refractivity contribution in [3.8, 4) is 0 Å². The maximum Gasteiger partial charge on any atom is 0.289 e. The number of aromatic nitrogens is 4. The number of nitrogens with one attached hydrogen (secondary N) is 1. The zero-order valence-electron chi connectivity index (χ0n) is 17.4. The van der Waals surface area contributed by atoms with Crippen molar-refractivity contribution in [2.75, 3.05) is 31.6 Å². The summed E-state index contributed by atoms with van der Waals surface area (Å²) in [4.78, 5) is 11.2. The first-order chi connectivity index (χ1) is 15.9. The van der Waals surface area contributed by atoms with Crippen LogP contribution in [0.3, 0.4) is 0 Å². The Morgan fingerprint density at radius 1 is 1.09 bits per heavy atom. The molecule has 2 saturated heterocycles. The Kier molecular flexibility index (Phi) is 6.34. The number of fused-ring (bicyclic) bond motifs is 1. The highest BCUT2D eigenvalue weighted by Gasteiger charge is 2.31. The highest BCUT2D eigenvalue weighted by molar-refractivity contribution is 6.32. The standard InChI is InChI=1S/C21H21Cl2F3N6O/c22-15-5-12-7-27-21(30-17-8-28-32(18(17)23)20(26)19(24)25)29-16(12)6-14(15)11-1-3-31(4-2-11)13-9-33-10-13/h5-8,11,13,19-20H,1-4,9-10H2,(H,27,29,30). The molecule has 2 aromatic heterocycles. The molecule has 1 N–H and O–H groups in total. The number of ether oxygens (including phenoxy) is 1. The predicted octanol–water partition coefficient (Wildman–Crippen LogP) is 5.19. The van der Waals surface area contributed by atoms with Gasteiger partial charge in [0.1, 0.15) is 0 Å². The van der Waals surface area contributed by atoms with Gasteiger partial charge in [0.15, 0.2) is 5.15 Å². The van der Waals surface area contributed by atoms with Crippen molar-refractivity contribution in [3.05, 3.63) is 40.3 Å². The maximum absolute atomic E-state index is 13.6. The van der Waals surface area contributed by atoms with Gasteiger partial charge in [0.25, 0.3) is 12.7 Å². The van der Waals surface area contributed by atoms with Crippen molar-refractivity contribution in [1.82, 2.24) is 24.6 Å². The van der Waals surface area contributed by atoms with Gasteiger partial charge in [-0.3, -0.25) is 4.90 Å². The van der Waals surface area contributed by atoms with E-state index in [1.807, 2.05) is 12.1 Å². The van der Waals surface area contributed by atoms with Gasteiger partial charge in [-0.2, -0.15) is 5.10 Å². The molecule has 1 aromatic carbocycles. The minimum Gasteiger partial charge on any atom is -0.378 e. The van der Waals surface area contributed by atoms with Gasteiger partial charge in [-0.05, 0) is 49.5 Å². The van der Waals surface area contributed by atoms with E-state index in [4.69, 9.17) is 27.9 Å². The van der Waals surface area contributed by atoms with E-state index in [0.29, 0.717) is 27.2 Å². The fourth-order valence-electron chi connectivity index (χ4n) is 4.28. The summed E-state index contributed by atoms with van der Waals surface area (Å²) in [6.45, 7) is 3.62. The Morgan fingerprint density at radius 3 is 2.52 bits per heavy atom. The zero-order valence-corrected chi connectivity index (χ0v) is 18.9. The smallest absolute Gasteiger partial charge is 0.289 e. The summed E-state index contributed by atoms with van der Waals surface area (Å²) in [5.41, 5.74) is 1.85. The largest absolute Gasteiger partial charge is 0.378 e. The van der Waals surface area contributed by atoms with Gasteiger partial charge in [0, 0.05) is 16.6 Å². The quantitative estimate of drug-likeness (QED) is 0.502. The van der Waals surface area contributed by atoms with E-state index in [2.05, 4.69) is 25.3 Å². The first-order valence-electron chi connectivity index (χ1n) is 10.6. The molecule has 33 heavy (non-hydrogen) atoms. The molecule has 2 aliphatic rings. The molecule has 7 nitrogen and oxygen atoms in total. The number of hydrogen-bond acceptors (Lipinski definition) is 6. The summed E-state index contributed by atoms with van der Waals surface area (Å²) in [6.07, 6.45) is -1.13. The van der Waals surface area contributed by atoms with Crippen molar-refractivity contribution in [1.29, 1.82) is 0 Å².